The smallest absolute Gasteiger partial charge is 0.129 e. The van der Waals surface area contributed by atoms with Gasteiger partial charge in [-0.05, 0) is 13.3 Å². The summed E-state index contributed by atoms with van der Waals surface area (Å²) in [5, 5.41) is 0. The molecule has 0 spiro atoms. The van der Waals surface area contributed by atoms with E-state index in [4.69, 9.17) is 4.74 Å². The van der Waals surface area contributed by atoms with Crippen molar-refractivity contribution in [1.82, 2.24) is 0 Å². The van der Waals surface area contributed by atoms with Gasteiger partial charge in [-0.15, -0.1) is 0 Å². The highest BCUT2D eigenvalue weighted by Gasteiger charge is 2.15. The van der Waals surface area contributed by atoms with E-state index >= 15 is 0 Å². The minimum atomic E-state index is -0.707. The first-order valence-electron chi connectivity index (χ1n) is 2.79. The van der Waals surface area contributed by atoms with Crippen LogP contribution in [-0.2, 0) is 15.5 Å². The molecule has 2 unspecified atom stereocenters. The van der Waals surface area contributed by atoms with Crippen LogP contribution >= 0.6 is 0 Å². The molecule has 0 N–H and O–H groups in total. The Labute approximate surface area is 51.7 Å². The van der Waals surface area contributed by atoms with Crippen LogP contribution in [0.5, 0.6) is 0 Å². The first kappa shape index (κ1) is 6.23. The van der Waals surface area contributed by atoms with Crippen LogP contribution in [0.25, 0.3) is 0 Å². The molecule has 2 nitrogen and oxygen atoms in total. The first-order chi connectivity index (χ1) is 3.80. The number of hydrogen-bond acceptors (Lipinski definition) is 2. The quantitative estimate of drug-likeness (QED) is 0.482. The highest BCUT2D eigenvalue weighted by molar-refractivity contribution is 7.85. The van der Waals surface area contributed by atoms with E-state index in [-0.39, 0.29) is 5.44 Å². The van der Waals surface area contributed by atoms with Gasteiger partial charge in [0.2, 0.25) is 0 Å². The van der Waals surface area contributed by atoms with Crippen molar-refractivity contribution in [1.29, 1.82) is 0 Å². The molecule has 1 rings (SSSR count). The number of rotatable bonds is 0. The average molecular weight is 134 g/mol. The molecular formula is C5H10O2S. The summed E-state index contributed by atoms with van der Waals surface area (Å²) < 4.78 is 15.9. The molecule has 0 bridgehead atoms. The second-order valence-corrected chi connectivity index (χ2v) is 3.71. The van der Waals surface area contributed by atoms with Gasteiger partial charge in [0.25, 0.3) is 0 Å². The summed E-state index contributed by atoms with van der Waals surface area (Å²) in [6.45, 7) is 2.64. The summed E-state index contributed by atoms with van der Waals surface area (Å²) in [7, 11) is -0.707. The Morgan fingerprint density at radius 1 is 1.75 bits per heavy atom. The summed E-state index contributed by atoms with van der Waals surface area (Å²) >= 11 is 0. The molecule has 2 atom stereocenters. The van der Waals surface area contributed by atoms with Gasteiger partial charge in [-0.1, -0.05) is 0 Å². The molecule has 0 aliphatic carbocycles. The van der Waals surface area contributed by atoms with Gasteiger partial charge in [-0.3, -0.25) is 4.21 Å². The Morgan fingerprint density at radius 3 is 2.88 bits per heavy atom. The van der Waals surface area contributed by atoms with Crippen LogP contribution in [0.4, 0.5) is 0 Å². The van der Waals surface area contributed by atoms with Gasteiger partial charge >= 0.3 is 0 Å². The van der Waals surface area contributed by atoms with Gasteiger partial charge in [0.15, 0.2) is 0 Å². The van der Waals surface area contributed by atoms with Crippen LogP contribution in [0.2, 0.25) is 0 Å². The van der Waals surface area contributed by atoms with E-state index in [0.29, 0.717) is 0 Å². The zero-order chi connectivity index (χ0) is 5.98. The Bertz CT molecular complexity index is 103. The van der Waals surface area contributed by atoms with E-state index in [1.54, 1.807) is 0 Å². The lowest BCUT2D eigenvalue weighted by Gasteiger charge is -2.17. The van der Waals surface area contributed by atoms with Gasteiger partial charge in [0.05, 0.1) is 10.8 Å². The lowest BCUT2D eigenvalue weighted by molar-refractivity contribution is 0.112. The van der Waals surface area contributed by atoms with Gasteiger partial charge < -0.3 is 4.74 Å². The third-order valence-corrected chi connectivity index (χ3v) is 2.78. The maximum Gasteiger partial charge on any atom is 0.129 e. The highest BCUT2D eigenvalue weighted by Crippen LogP contribution is 2.06. The molecule has 0 radical (unpaired) electrons. The Kier molecular flexibility index (Phi) is 2.02. The summed E-state index contributed by atoms with van der Waals surface area (Å²) in [6.07, 6.45) is 0.955. The van der Waals surface area contributed by atoms with Crippen LogP contribution in [-0.4, -0.2) is 22.0 Å². The summed E-state index contributed by atoms with van der Waals surface area (Å²) in [5.74, 6) is 0.821. The normalized spacial score (nSPS) is 39.6. The predicted octanol–water partition coefficient (Wildman–Crippen LogP) is 0.501. The second kappa shape index (κ2) is 2.60. The SMILES string of the molecule is CC1OCCCS1=O. The molecule has 0 saturated carbocycles. The number of ether oxygens (including phenoxy) is 1. The van der Waals surface area contributed by atoms with Gasteiger partial charge in [-0.25, -0.2) is 0 Å². The molecule has 0 aromatic heterocycles. The Morgan fingerprint density at radius 2 is 2.50 bits per heavy atom. The molecule has 3 heteroatoms. The van der Waals surface area contributed by atoms with E-state index in [1.807, 2.05) is 6.92 Å². The van der Waals surface area contributed by atoms with Crippen LogP contribution in [0.3, 0.4) is 0 Å². The van der Waals surface area contributed by atoms with Crippen molar-refractivity contribution in [3.63, 3.8) is 0 Å². The van der Waals surface area contributed by atoms with Gasteiger partial charge in [0, 0.05) is 12.4 Å². The molecule has 0 aromatic rings. The molecule has 1 saturated heterocycles. The third-order valence-electron chi connectivity index (χ3n) is 1.21. The molecule has 0 aromatic carbocycles. The molecule has 1 aliphatic heterocycles. The molecule has 1 fully saturated rings. The fraction of sp³-hybridized carbons (Fsp3) is 1.00. The lowest BCUT2D eigenvalue weighted by Crippen LogP contribution is -2.24. The highest BCUT2D eigenvalue weighted by atomic mass is 32.2. The van der Waals surface area contributed by atoms with Crippen molar-refractivity contribution in [2.75, 3.05) is 12.4 Å². The summed E-state index contributed by atoms with van der Waals surface area (Å²) in [6, 6.07) is 0. The molecule has 1 aliphatic rings. The van der Waals surface area contributed by atoms with Crippen molar-refractivity contribution in [3.8, 4) is 0 Å². The Hall–Kier alpha value is 0.110. The van der Waals surface area contributed by atoms with Crippen LogP contribution < -0.4 is 0 Å². The molecule has 1 heterocycles. The summed E-state index contributed by atoms with van der Waals surface area (Å²) in [5.41, 5.74) is -0.0243. The molecular weight excluding hydrogens is 124 g/mol. The van der Waals surface area contributed by atoms with Crippen LogP contribution in [0, 0.1) is 0 Å². The topological polar surface area (TPSA) is 26.3 Å². The monoisotopic (exact) mass is 134 g/mol. The lowest BCUT2D eigenvalue weighted by atomic mass is 10.5. The zero-order valence-electron chi connectivity index (χ0n) is 4.92. The van der Waals surface area contributed by atoms with Crippen LogP contribution in [0.1, 0.15) is 13.3 Å². The maximum atomic E-state index is 10.8. The largest absolute Gasteiger partial charge is 0.365 e. The van der Waals surface area contributed by atoms with Crippen molar-refractivity contribution in [3.05, 3.63) is 0 Å². The van der Waals surface area contributed by atoms with Crippen molar-refractivity contribution in [2.24, 2.45) is 0 Å². The fourth-order valence-corrected chi connectivity index (χ4v) is 1.67. The fourth-order valence-electron chi connectivity index (χ4n) is 0.692. The van der Waals surface area contributed by atoms with E-state index in [1.165, 1.54) is 0 Å². The maximum absolute atomic E-state index is 10.8. The molecule has 0 amide bonds. The Balaban J connectivity index is 2.39. The minimum Gasteiger partial charge on any atom is -0.365 e. The standard InChI is InChI=1S/C5H10O2S/c1-5-7-3-2-4-8(5)6/h5H,2-4H2,1H3. The van der Waals surface area contributed by atoms with Gasteiger partial charge in [0.1, 0.15) is 5.44 Å². The van der Waals surface area contributed by atoms with Crippen LogP contribution in [0.15, 0.2) is 0 Å². The third kappa shape index (κ3) is 1.29. The number of hydrogen-bond donors (Lipinski definition) is 0. The predicted molar refractivity (Wildman–Crippen MR) is 33.0 cm³/mol. The van der Waals surface area contributed by atoms with Crippen molar-refractivity contribution >= 4 is 10.8 Å². The molecule has 48 valence electrons. The van der Waals surface area contributed by atoms with E-state index < -0.39 is 10.8 Å². The molecule has 8 heavy (non-hydrogen) atoms. The van der Waals surface area contributed by atoms with E-state index in [2.05, 4.69) is 0 Å². The zero-order valence-corrected chi connectivity index (χ0v) is 5.74. The van der Waals surface area contributed by atoms with Crippen molar-refractivity contribution in [2.45, 2.75) is 18.8 Å². The second-order valence-electron chi connectivity index (χ2n) is 1.88. The van der Waals surface area contributed by atoms with Gasteiger partial charge in [-0.2, -0.15) is 0 Å². The average Bonchev–Trinajstić information content (AvgIpc) is 1.77. The van der Waals surface area contributed by atoms with E-state index in [9.17, 15) is 4.21 Å². The summed E-state index contributed by atoms with van der Waals surface area (Å²) in [4.78, 5) is 0. The first-order valence-corrected chi connectivity index (χ1v) is 4.17. The van der Waals surface area contributed by atoms with E-state index in [0.717, 1.165) is 18.8 Å². The minimum absolute atomic E-state index is 0.0243. The van der Waals surface area contributed by atoms with Crippen molar-refractivity contribution < 1.29 is 8.95 Å².